The van der Waals surface area contributed by atoms with Crippen molar-refractivity contribution in [2.45, 2.75) is 24.6 Å². The predicted octanol–water partition coefficient (Wildman–Crippen LogP) is 3.60. The van der Waals surface area contributed by atoms with Gasteiger partial charge in [-0.05, 0) is 50.2 Å². The van der Waals surface area contributed by atoms with E-state index in [0.29, 0.717) is 17.3 Å². The van der Waals surface area contributed by atoms with E-state index < -0.39 is 5.54 Å². The Bertz CT molecular complexity index is 1090. The van der Waals surface area contributed by atoms with Gasteiger partial charge in [0.2, 0.25) is 17.7 Å². The van der Waals surface area contributed by atoms with Crippen LogP contribution in [0.5, 0.6) is 5.75 Å². The number of rotatable bonds is 5. The van der Waals surface area contributed by atoms with Gasteiger partial charge in [0, 0.05) is 5.56 Å². The van der Waals surface area contributed by atoms with Gasteiger partial charge in [0.1, 0.15) is 11.3 Å². The third-order valence-electron chi connectivity index (χ3n) is 4.82. The van der Waals surface area contributed by atoms with E-state index in [1.54, 1.807) is 39.2 Å². The van der Waals surface area contributed by atoms with Crippen LogP contribution >= 0.6 is 11.8 Å². The van der Waals surface area contributed by atoms with E-state index in [-0.39, 0.29) is 22.8 Å². The average molecular weight is 424 g/mol. The van der Waals surface area contributed by atoms with Crippen molar-refractivity contribution < 1.29 is 18.7 Å². The predicted molar refractivity (Wildman–Crippen MR) is 114 cm³/mol. The minimum Gasteiger partial charge on any atom is -0.497 e. The van der Waals surface area contributed by atoms with Crippen LogP contribution in [-0.2, 0) is 9.59 Å². The summed E-state index contributed by atoms with van der Waals surface area (Å²) in [6.07, 6.45) is 0. The van der Waals surface area contributed by atoms with Gasteiger partial charge < -0.3 is 14.5 Å². The summed E-state index contributed by atoms with van der Waals surface area (Å²) in [5, 5.41) is 11.2. The van der Waals surface area contributed by atoms with Crippen molar-refractivity contribution >= 4 is 35.0 Å². The fourth-order valence-corrected chi connectivity index (χ4v) is 3.82. The Balaban J connectivity index is 1.49. The maximum Gasteiger partial charge on any atom is 0.277 e. The topological polar surface area (TPSA) is 97.6 Å². The number of para-hydroxylation sites is 2. The number of amides is 2. The summed E-state index contributed by atoms with van der Waals surface area (Å²) in [6, 6.07) is 14.5. The number of thioether (sulfide) groups is 1. The lowest BCUT2D eigenvalue weighted by Crippen LogP contribution is -2.58. The molecule has 0 fully saturated rings. The number of benzene rings is 2. The average Bonchev–Trinajstić information content (AvgIpc) is 3.22. The van der Waals surface area contributed by atoms with E-state index in [2.05, 4.69) is 15.5 Å². The largest absolute Gasteiger partial charge is 0.497 e. The smallest absolute Gasteiger partial charge is 0.277 e. The number of aromatic nitrogens is 2. The van der Waals surface area contributed by atoms with Gasteiger partial charge in [-0.15, -0.1) is 10.2 Å². The van der Waals surface area contributed by atoms with Crippen molar-refractivity contribution in [3.05, 3.63) is 48.5 Å². The van der Waals surface area contributed by atoms with Crippen LogP contribution in [0.1, 0.15) is 13.8 Å². The summed E-state index contributed by atoms with van der Waals surface area (Å²) in [7, 11) is 1.60. The third-order valence-corrected chi connectivity index (χ3v) is 5.62. The quantitative estimate of drug-likeness (QED) is 0.625. The number of hydrogen-bond donors (Lipinski definition) is 1. The monoisotopic (exact) mass is 424 g/mol. The molecule has 3 aromatic rings. The first-order valence-corrected chi connectivity index (χ1v) is 10.2. The molecule has 0 unspecified atom stereocenters. The third kappa shape index (κ3) is 3.63. The van der Waals surface area contributed by atoms with Crippen LogP contribution in [0.25, 0.3) is 11.5 Å². The SMILES string of the molecule is COc1ccc(-c2nnc(SCC(=O)N3c4ccccc4NC(=O)C3(C)C)o2)cc1. The van der Waals surface area contributed by atoms with Gasteiger partial charge in [-0.2, -0.15) is 0 Å². The number of hydrogen-bond acceptors (Lipinski definition) is 7. The van der Waals surface area contributed by atoms with Gasteiger partial charge >= 0.3 is 0 Å². The van der Waals surface area contributed by atoms with E-state index in [4.69, 9.17) is 9.15 Å². The zero-order chi connectivity index (χ0) is 21.3. The summed E-state index contributed by atoms with van der Waals surface area (Å²) < 4.78 is 10.8. The number of anilines is 2. The molecule has 0 saturated carbocycles. The molecule has 0 saturated heterocycles. The molecule has 0 atom stereocenters. The molecule has 1 N–H and O–H groups in total. The molecule has 4 rings (SSSR count). The molecule has 9 heteroatoms. The normalized spacial score (nSPS) is 14.8. The van der Waals surface area contributed by atoms with E-state index in [0.717, 1.165) is 23.1 Å². The molecule has 0 bridgehead atoms. The van der Waals surface area contributed by atoms with Gasteiger partial charge in [-0.25, -0.2) is 0 Å². The fraction of sp³-hybridized carbons (Fsp3) is 0.238. The van der Waals surface area contributed by atoms with Gasteiger partial charge in [0.05, 0.1) is 24.2 Å². The molecule has 2 heterocycles. The van der Waals surface area contributed by atoms with Crippen molar-refractivity contribution in [3.63, 3.8) is 0 Å². The van der Waals surface area contributed by atoms with Crippen molar-refractivity contribution in [2.24, 2.45) is 0 Å². The summed E-state index contributed by atoms with van der Waals surface area (Å²) in [6.45, 7) is 3.44. The lowest BCUT2D eigenvalue weighted by molar-refractivity contribution is -0.125. The Kier molecular flexibility index (Phi) is 5.21. The van der Waals surface area contributed by atoms with Crippen molar-refractivity contribution in [1.82, 2.24) is 10.2 Å². The van der Waals surface area contributed by atoms with E-state index in [1.807, 2.05) is 30.3 Å². The molecular formula is C21H20N4O4S. The second-order valence-electron chi connectivity index (χ2n) is 7.15. The second-order valence-corrected chi connectivity index (χ2v) is 8.08. The minimum atomic E-state index is -1.02. The molecular weight excluding hydrogens is 404 g/mol. The second kappa shape index (κ2) is 7.83. The lowest BCUT2D eigenvalue weighted by atomic mass is 9.96. The Morgan fingerprint density at radius 3 is 2.63 bits per heavy atom. The van der Waals surface area contributed by atoms with E-state index in [1.165, 1.54) is 4.90 Å². The van der Waals surface area contributed by atoms with Gasteiger partial charge in [0.25, 0.3) is 5.22 Å². The number of nitrogens with zero attached hydrogens (tertiary/aromatic N) is 3. The molecule has 154 valence electrons. The Hall–Kier alpha value is -3.33. The first-order valence-electron chi connectivity index (χ1n) is 9.24. The van der Waals surface area contributed by atoms with Crippen molar-refractivity contribution in [2.75, 3.05) is 23.1 Å². The highest BCUT2D eigenvalue weighted by molar-refractivity contribution is 7.99. The summed E-state index contributed by atoms with van der Waals surface area (Å²) in [5.74, 6) is 0.674. The number of nitrogens with one attached hydrogen (secondary N) is 1. The molecule has 2 aromatic carbocycles. The van der Waals surface area contributed by atoms with E-state index >= 15 is 0 Å². The molecule has 0 radical (unpaired) electrons. The maximum atomic E-state index is 13.1. The van der Waals surface area contributed by atoms with Crippen LogP contribution in [-0.4, -0.2) is 40.4 Å². The highest BCUT2D eigenvalue weighted by atomic mass is 32.2. The first-order chi connectivity index (χ1) is 14.4. The number of carbonyl (C=O) groups is 2. The standard InChI is InChI=1S/C21H20N4O4S/c1-21(2)19(27)22-15-6-4-5-7-16(15)25(21)17(26)12-30-20-24-23-18(29-20)13-8-10-14(28-3)11-9-13/h4-11H,12H2,1-3H3,(H,22,27). The van der Waals surface area contributed by atoms with Crippen LogP contribution in [0.15, 0.2) is 58.2 Å². The van der Waals surface area contributed by atoms with Crippen LogP contribution in [0, 0.1) is 0 Å². The molecule has 2 amide bonds. The molecule has 0 spiro atoms. The maximum absolute atomic E-state index is 13.1. The Morgan fingerprint density at radius 2 is 1.90 bits per heavy atom. The summed E-state index contributed by atoms with van der Waals surface area (Å²) in [5.41, 5.74) is 1.01. The molecule has 1 aliphatic rings. The molecule has 8 nitrogen and oxygen atoms in total. The van der Waals surface area contributed by atoms with Crippen LogP contribution < -0.4 is 15.0 Å². The van der Waals surface area contributed by atoms with Gasteiger partial charge in [-0.3, -0.25) is 14.5 Å². The minimum absolute atomic E-state index is 0.0509. The Labute approximate surface area is 177 Å². The summed E-state index contributed by atoms with van der Waals surface area (Å²) >= 11 is 1.13. The highest BCUT2D eigenvalue weighted by Crippen LogP contribution is 2.37. The lowest BCUT2D eigenvalue weighted by Gasteiger charge is -2.42. The zero-order valence-corrected chi connectivity index (χ0v) is 17.5. The van der Waals surface area contributed by atoms with Crippen molar-refractivity contribution in [1.29, 1.82) is 0 Å². The molecule has 1 aromatic heterocycles. The van der Waals surface area contributed by atoms with Gasteiger partial charge in [-0.1, -0.05) is 23.9 Å². The molecule has 30 heavy (non-hydrogen) atoms. The van der Waals surface area contributed by atoms with Crippen LogP contribution in [0.2, 0.25) is 0 Å². The first kappa shape index (κ1) is 20.0. The number of carbonyl (C=O) groups excluding carboxylic acids is 2. The fourth-order valence-electron chi connectivity index (χ4n) is 3.20. The molecule has 1 aliphatic heterocycles. The van der Waals surface area contributed by atoms with E-state index in [9.17, 15) is 9.59 Å². The number of methoxy groups -OCH3 is 1. The zero-order valence-electron chi connectivity index (χ0n) is 16.7. The van der Waals surface area contributed by atoms with Crippen LogP contribution in [0.3, 0.4) is 0 Å². The molecule has 0 aliphatic carbocycles. The van der Waals surface area contributed by atoms with Crippen LogP contribution in [0.4, 0.5) is 11.4 Å². The number of ether oxygens (including phenoxy) is 1. The Morgan fingerprint density at radius 1 is 1.17 bits per heavy atom. The van der Waals surface area contributed by atoms with Gasteiger partial charge in [0.15, 0.2) is 0 Å². The highest BCUT2D eigenvalue weighted by Gasteiger charge is 2.43. The van der Waals surface area contributed by atoms with Crippen molar-refractivity contribution in [3.8, 4) is 17.2 Å². The summed E-state index contributed by atoms with van der Waals surface area (Å²) in [4.78, 5) is 27.1. The number of fused-ring (bicyclic) bond motifs is 1.